The van der Waals surface area contributed by atoms with Crippen molar-refractivity contribution in [3.63, 3.8) is 0 Å². The van der Waals surface area contributed by atoms with E-state index in [1.807, 2.05) is 0 Å². The molecule has 3 nitrogen and oxygen atoms in total. The van der Waals surface area contributed by atoms with Gasteiger partial charge in [-0.2, -0.15) is 5.26 Å². The maximum Gasteiger partial charge on any atom is 0.0621 e. The summed E-state index contributed by atoms with van der Waals surface area (Å²) < 4.78 is 0. The molecule has 0 spiro atoms. The quantitative estimate of drug-likeness (QED) is 0.653. The van der Waals surface area contributed by atoms with E-state index in [0.29, 0.717) is 19.1 Å². The van der Waals surface area contributed by atoms with Crippen LogP contribution in [0.2, 0.25) is 0 Å². The smallest absolute Gasteiger partial charge is 0.0621 e. The van der Waals surface area contributed by atoms with Crippen LogP contribution in [0.4, 0.5) is 0 Å². The Morgan fingerprint density at radius 1 is 1.33 bits per heavy atom. The summed E-state index contributed by atoms with van der Waals surface area (Å²) in [7, 11) is 0. The van der Waals surface area contributed by atoms with Gasteiger partial charge in [-0.15, -0.1) is 0 Å². The summed E-state index contributed by atoms with van der Waals surface area (Å²) in [5, 5.41) is 17.2. The topological polar surface area (TPSA) is 47.3 Å². The Morgan fingerprint density at radius 3 is 2.93 bits per heavy atom. The zero-order valence-corrected chi connectivity index (χ0v) is 9.49. The molecule has 3 heteroatoms. The van der Waals surface area contributed by atoms with E-state index in [4.69, 9.17) is 10.4 Å². The van der Waals surface area contributed by atoms with E-state index in [9.17, 15) is 0 Å². The average Bonchev–Trinajstić information content (AvgIpc) is 2.69. The lowest BCUT2D eigenvalue weighted by atomic mass is 10.1. The minimum absolute atomic E-state index is 0.318. The first kappa shape index (κ1) is 12.5. The number of hydrogen-bond acceptors (Lipinski definition) is 3. The molecular formula is C12H22N2O. The van der Waals surface area contributed by atoms with Gasteiger partial charge in [0.2, 0.25) is 0 Å². The van der Waals surface area contributed by atoms with Crippen molar-refractivity contribution in [3.8, 4) is 6.07 Å². The van der Waals surface area contributed by atoms with Crippen molar-refractivity contribution in [2.75, 3.05) is 19.7 Å². The summed E-state index contributed by atoms with van der Waals surface area (Å²) in [6.45, 7) is 2.67. The fourth-order valence-electron chi connectivity index (χ4n) is 2.36. The normalized spacial score (nSPS) is 21.7. The van der Waals surface area contributed by atoms with Crippen molar-refractivity contribution in [2.45, 2.75) is 51.0 Å². The molecule has 1 fully saturated rings. The number of nitriles is 1. The van der Waals surface area contributed by atoms with Gasteiger partial charge in [0.15, 0.2) is 0 Å². The number of likely N-dealkylation sites (tertiary alicyclic amines) is 1. The van der Waals surface area contributed by atoms with Crippen LogP contribution in [0.15, 0.2) is 0 Å². The predicted octanol–water partition coefficient (Wildman–Crippen LogP) is 1.92. The van der Waals surface area contributed by atoms with Crippen LogP contribution in [-0.2, 0) is 0 Å². The van der Waals surface area contributed by atoms with Crippen LogP contribution in [0.5, 0.6) is 0 Å². The van der Waals surface area contributed by atoms with Gasteiger partial charge in [-0.1, -0.05) is 0 Å². The third kappa shape index (κ3) is 4.63. The molecule has 86 valence electrons. The fourth-order valence-corrected chi connectivity index (χ4v) is 2.36. The molecule has 1 aliphatic heterocycles. The van der Waals surface area contributed by atoms with Gasteiger partial charge >= 0.3 is 0 Å². The van der Waals surface area contributed by atoms with Crippen molar-refractivity contribution in [1.29, 1.82) is 5.26 Å². The van der Waals surface area contributed by atoms with Crippen molar-refractivity contribution in [2.24, 2.45) is 0 Å². The Bertz CT molecular complexity index is 200. The zero-order valence-electron chi connectivity index (χ0n) is 9.49. The van der Waals surface area contributed by atoms with Crippen molar-refractivity contribution in [3.05, 3.63) is 0 Å². The van der Waals surface area contributed by atoms with Gasteiger partial charge in [0, 0.05) is 19.1 Å². The largest absolute Gasteiger partial charge is 0.396 e. The Labute approximate surface area is 92.7 Å². The SMILES string of the molecule is N#CCCCCN1CCCC1CCCO. The third-order valence-electron chi connectivity index (χ3n) is 3.18. The molecule has 1 heterocycles. The highest BCUT2D eigenvalue weighted by Gasteiger charge is 2.22. The highest BCUT2D eigenvalue weighted by Crippen LogP contribution is 2.21. The number of aliphatic hydroxyl groups excluding tert-OH is 1. The standard InChI is InChI=1S/C12H22N2O/c13-8-2-1-3-9-14-10-4-6-12(14)7-5-11-15/h12,15H,1-7,9-11H2. The second kappa shape index (κ2) is 7.67. The number of rotatable bonds is 7. The van der Waals surface area contributed by atoms with Crippen LogP contribution in [0.3, 0.4) is 0 Å². The van der Waals surface area contributed by atoms with E-state index in [0.717, 1.165) is 32.2 Å². The van der Waals surface area contributed by atoms with Crippen LogP contribution >= 0.6 is 0 Å². The first-order valence-electron chi connectivity index (χ1n) is 6.10. The van der Waals surface area contributed by atoms with Crippen LogP contribution < -0.4 is 0 Å². The zero-order chi connectivity index (χ0) is 10.9. The minimum atomic E-state index is 0.318. The van der Waals surface area contributed by atoms with Crippen molar-refractivity contribution >= 4 is 0 Å². The van der Waals surface area contributed by atoms with E-state index in [1.54, 1.807) is 0 Å². The van der Waals surface area contributed by atoms with Crippen molar-refractivity contribution in [1.82, 2.24) is 4.90 Å². The first-order chi connectivity index (χ1) is 7.38. The lowest BCUT2D eigenvalue weighted by molar-refractivity contribution is 0.213. The van der Waals surface area contributed by atoms with Crippen molar-refractivity contribution < 1.29 is 5.11 Å². The van der Waals surface area contributed by atoms with E-state index in [-0.39, 0.29) is 0 Å². The molecule has 0 bridgehead atoms. The monoisotopic (exact) mass is 210 g/mol. The second-order valence-electron chi connectivity index (χ2n) is 4.31. The summed E-state index contributed by atoms with van der Waals surface area (Å²) in [6.07, 6.45) is 7.51. The van der Waals surface area contributed by atoms with Gasteiger partial charge in [0.25, 0.3) is 0 Å². The molecule has 1 rings (SSSR count). The summed E-state index contributed by atoms with van der Waals surface area (Å²) in [6, 6.07) is 2.88. The van der Waals surface area contributed by atoms with Crippen LogP contribution in [-0.4, -0.2) is 35.7 Å². The second-order valence-corrected chi connectivity index (χ2v) is 4.31. The van der Waals surface area contributed by atoms with E-state index < -0.39 is 0 Å². The van der Waals surface area contributed by atoms with E-state index >= 15 is 0 Å². The number of unbranched alkanes of at least 4 members (excludes halogenated alkanes) is 2. The van der Waals surface area contributed by atoms with Crippen LogP contribution in [0.1, 0.15) is 44.9 Å². The molecule has 1 atom stereocenters. The summed E-state index contributed by atoms with van der Waals surface area (Å²) >= 11 is 0. The average molecular weight is 210 g/mol. The molecule has 15 heavy (non-hydrogen) atoms. The molecule has 0 radical (unpaired) electrons. The summed E-state index contributed by atoms with van der Waals surface area (Å²) in [4.78, 5) is 2.53. The first-order valence-corrected chi connectivity index (χ1v) is 6.10. The fraction of sp³-hybridized carbons (Fsp3) is 0.917. The third-order valence-corrected chi connectivity index (χ3v) is 3.18. The molecule has 0 saturated carbocycles. The Balaban J connectivity index is 2.13. The molecule has 1 saturated heterocycles. The van der Waals surface area contributed by atoms with Crippen LogP contribution in [0.25, 0.3) is 0 Å². The van der Waals surface area contributed by atoms with E-state index in [1.165, 1.54) is 19.4 Å². The van der Waals surface area contributed by atoms with Crippen LogP contribution in [0, 0.1) is 11.3 Å². The number of aliphatic hydroxyl groups is 1. The molecule has 1 aliphatic rings. The molecule has 0 aromatic rings. The lowest BCUT2D eigenvalue weighted by Gasteiger charge is -2.23. The Hall–Kier alpha value is -0.590. The molecule has 1 unspecified atom stereocenters. The highest BCUT2D eigenvalue weighted by atomic mass is 16.2. The minimum Gasteiger partial charge on any atom is -0.396 e. The van der Waals surface area contributed by atoms with Gasteiger partial charge in [-0.05, 0) is 51.6 Å². The molecule has 1 N–H and O–H groups in total. The van der Waals surface area contributed by atoms with Gasteiger partial charge in [0.05, 0.1) is 6.07 Å². The molecule has 0 aromatic carbocycles. The molecule has 0 aliphatic carbocycles. The number of hydrogen-bond donors (Lipinski definition) is 1. The summed E-state index contributed by atoms with van der Waals surface area (Å²) in [5.41, 5.74) is 0. The molecule has 0 aromatic heterocycles. The molecular weight excluding hydrogens is 188 g/mol. The van der Waals surface area contributed by atoms with Gasteiger partial charge in [-0.25, -0.2) is 0 Å². The van der Waals surface area contributed by atoms with Gasteiger partial charge < -0.3 is 10.0 Å². The maximum atomic E-state index is 8.80. The molecule has 0 amide bonds. The van der Waals surface area contributed by atoms with Gasteiger partial charge in [-0.3, -0.25) is 0 Å². The Morgan fingerprint density at radius 2 is 2.20 bits per heavy atom. The summed E-state index contributed by atoms with van der Waals surface area (Å²) in [5.74, 6) is 0. The van der Waals surface area contributed by atoms with E-state index in [2.05, 4.69) is 11.0 Å². The highest BCUT2D eigenvalue weighted by molar-refractivity contribution is 4.79. The van der Waals surface area contributed by atoms with Gasteiger partial charge in [0.1, 0.15) is 0 Å². The Kier molecular flexibility index (Phi) is 6.38. The number of nitrogens with zero attached hydrogens (tertiary/aromatic N) is 2. The lowest BCUT2D eigenvalue weighted by Crippen LogP contribution is -2.30. The predicted molar refractivity (Wildman–Crippen MR) is 60.4 cm³/mol. The maximum absolute atomic E-state index is 8.80.